The highest BCUT2D eigenvalue weighted by molar-refractivity contribution is 6.31. The van der Waals surface area contributed by atoms with E-state index in [1.807, 2.05) is 24.3 Å². The van der Waals surface area contributed by atoms with Crippen molar-refractivity contribution in [3.63, 3.8) is 0 Å². The summed E-state index contributed by atoms with van der Waals surface area (Å²) >= 11 is 6.09. The molecule has 1 saturated heterocycles. The minimum Gasteiger partial charge on any atom is -0.437 e. The molecule has 0 saturated carbocycles. The van der Waals surface area contributed by atoms with Crippen LogP contribution in [0.3, 0.4) is 0 Å². The maximum Gasteiger partial charge on any atom is 0.416 e. The molecule has 168 valence electrons. The number of aromatic nitrogens is 2. The molecule has 6 nitrogen and oxygen atoms in total. The zero-order valence-electron chi connectivity index (χ0n) is 17.2. The molecule has 0 aliphatic carbocycles. The number of nitrogens with zero attached hydrogens (tertiary/aromatic N) is 4. The summed E-state index contributed by atoms with van der Waals surface area (Å²) in [4.78, 5) is 12.9. The van der Waals surface area contributed by atoms with Crippen LogP contribution in [-0.4, -0.2) is 48.1 Å². The van der Waals surface area contributed by atoms with E-state index in [2.05, 4.69) is 32.1 Å². The predicted octanol–water partition coefficient (Wildman–Crippen LogP) is 5.44. The van der Waals surface area contributed by atoms with Gasteiger partial charge in [-0.25, -0.2) is 4.98 Å². The van der Waals surface area contributed by atoms with Crippen LogP contribution in [0, 0.1) is 0 Å². The van der Waals surface area contributed by atoms with Crippen LogP contribution in [0.4, 0.5) is 30.5 Å². The third-order valence-electron chi connectivity index (χ3n) is 5.08. The molecule has 3 aromatic rings. The first-order valence-electron chi connectivity index (χ1n) is 9.96. The second-order valence-corrected chi connectivity index (χ2v) is 7.84. The lowest BCUT2D eigenvalue weighted by atomic mass is 10.2. The quantitative estimate of drug-likeness (QED) is 0.544. The SMILES string of the molecule is CN1CCN(c2ccc(Nc3ncc(Cl)c(Oc4cccc(C(F)(F)F)c4)n3)cc2)CC1. The van der Waals surface area contributed by atoms with Gasteiger partial charge in [0.2, 0.25) is 11.8 Å². The van der Waals surface area contributed by atoms with Crippen LogP contribution in [0.2, 0.25) is 5.02 Å². The van der Waals surface area contributed by atoms with Crippen LogP contribution < -0.4 is 15.0 Å². The molecule has 1 aliphatic rings. The summed E-state index contributed by atoms with van der Waals surface area (Å²) < 4.78 is 44.3. The largest absolute Gasteiger partial charge is 0.437 e. The number of piperazine rings is 1. The normalized spacial score (nSPS) is 15.0. The van der Waals surface area contributed by atoms with Gasteiger partial charge < -0.3 is 19.9 Å². The average molecular weight is 464 g/mol. The highest BCUT2D eigenvalue weighted by Crippen LogP contribution is 2.34. The summed E-state index contributed by atoms with van der Waals surface area (Å²) in [7, 11) is 2.11. The molecule has 0 bridgehead atoms. The number of benzene rings is 2. The van der Waals surface area contributed by atoms with Crippen molar-refractivity contribution >= 4 is 28.9 Å². The summed E-state index contributed by atoms with van der Waals surface area (Å²) in [5.41, 5.74) is 1.07. The van der Waals surface area contributed by atoms with Crippen LogP contribution in [0.5, 0.6) is 11.6 Å². The number of likely N-dealkylation sites (N-methyl/N-ethyl adjacent to an activating group) is 1. The average Bonchev–Trinajstić information content (AvgIpc) is 2.77. The van der Waals surface area contributed by atoms with Crippen molar-refractivity contribution in [2.45, 2.75) is 6.18 Å². The summed E-state index contributed by atoms with van der Waals surface area (Å²) in [6.07, 6.45) is -3.14. The number of anilines is 3. The van der Waals surface area contributed by atoms with Gasteiger partial charge in [-0.1, -0.05) is 17.7 Å². The number of ether oxygens (including phenoxy) is 1. The van der Waals surface area contributed by atoms with Gasteiger partial charge in [0.15, 0.2) is 0 Å². The second-order valence-electron chi connectivity index (χ2n) is 7.44. The molecule has 0 amide bonds. The Morgan fingerprint density at radius 2 is 1.75 bits per heavy atom. The van der Waals surface area contributed by atoms with Gasteiger partial charge in [0.1, 0.15) is 10.8 Å². The van der Waals surface area contributed by atoms with E-state index in [-0.39, 0.29) is 22.6 Å². The van der Waals surface area contributed by atoms with E-state index >= 15 is 0 Å². The van der Waals surface area contributed by atoms with Gasteiger partial charge in [0, 0.05) is 37.6 Å². The minimum atomic E-state index is -4.47. The number of alkyl halides is 3. The molecule has 32 heavy (non-hydrogen) atoms. The maximum absolute atomic E-state index is 12.9. The van der Waals surface area contributed by atoms with E-state index in [9.17, 15) is 13.2 Å². The lowest BCUT2D eigenvalue weighted by molar-refractivity contribution is -0.137. The van der Waals surface area contributed by atoms with Gasteiger partial charge in [-0.2, -0.15) is 18.2 Å². The summed E-state index contributed by atoms with van der Waals surface area (Å²) in [6.45, 7) is 3.99. The monoisotopic (exact) mass is 463 g/mol. The Kier molecular flexibility index (Phi) is 6.38. The molecule has 2 heterocycles. The van der Waals surface area contributed by atoms with Crippen LogP contribution in [-0.2, 0) is 6.18 Å². The molecule has 0 radical (unpaired) electrons. The Hall–Kier alpha value is -3.04. The van der Waals surface area contributed by atoms with Crippen LogP contribution in [0.25, 0.3) is 0 Å². The molecular formula is C22H21ClF3N5O. The number of halogens is 4. The molecule has 1 fully saturated rings. The fourth-order valence-electron chi connectivity index (χ4n) is 3.28. The molecule has 4 rings (SSSR count). The predicted molar refractivity (Wildman–Crippen MR) is 118 cm³/mol. The molecule has 10 heteroatoms. The number of nitrogens with one attached hydrogen (secondary N) is 1. The molecule has 0 spiro atoms. The van der Waals surface area contributed by atoms with E-state index in [0.29, 0.717) is 0 Å². The van der Waals surface area contributed by atoms with Crippen LogP contribution in [0.1, 0.15) is 5.56 Å². The molecule has 1 N–H and O–H groups in total. The Morgan fingerprint density at radius 1 is 1.03 bits per heavy atom. The summed E-state index contributed by atoms with van der Waals surface area (Å²) in [5, 5.41) is 3.14. The van der Waals surface area contributed by atoms with Gasteiger partial charge >= 0.3 is 6.18 Å². The smallest absolute Gasteiger partial charge is 0.416 e. The van der Waals surface area contributed by atoms with Crippen LogP contribution in [0.15, 0.2) is 54.7 Å². The molecule has 2 aromatic carbocycles. The maximum atomic E-state index is 12.9. The highest BCUT2D eigenvalue weighted by atomic mass is 35.5. The number of hydrogen-bond donors (Lipinski definition) is 1. The summed E-state index contributed by atoms with van der Waals surface area (Å²) in [5.74, 6) is 0.143. The molecule has 0 atom stereocenters. The molecule has 1 aromatic heterocycles. The zero-order chi connectivity index (χ0) is 22.7. The first kappa shape index (κ1) is 22.2. The lowest BCUT2D eigenvalue weighted by Crippen LogP contribution is -2.44. The molecule has 0 unspecified atom stereocenters. The number of hydrogen-bond acceptors (Lipinski definition) is 6. The van der Waals surface area contributed by atoms with Crippen molar-refractivity contribution < 1.29 is 17.9 Å². The summed E-state index contributed by atoms with van der Waals surface area (Å²) in [6, 6.07) is 12.4. The second kappa shape index (κ2) is 9.22. The number of rotatable bonds is 5. The van der Waals surface area contributed by atoms with Crippen LogP contribution >= 0.6 is 11.6 Å². The Morgan fingerprint density at radius 3 is 2.44 bits per heavy atom. The van der Waals surface area contributed by atoms with Crippen molar-refractivity contribution in [3.8, 4) is 11.6 Å². The van der Waals surface area contributed by atoms with Gasteiger partial charge in [0.05, 0.1) is 11.8 Å². The standard InChI is InChI=1S/C22H21ClF3N5O/c1-30-9-11-31(12-10-30)17-7-5-16(6-8-17)28-21-27-14-19(23)20(29-21)32-18-4-2-3-15(13-18)22(24,25)26/h2-8,13-14H,9-12H2,1H3,(H,27,28,29). The van der Waals surface area contributed by atoms with Crippen molar-refractivity contribution in [1.29, 1.82) is 0 Å². The topological polar surface area (TPSA) is 53.5 Å². The Balaban J connectivity index is 1.46. The van der Waals surface area contributed by atoms with E-state index in [0.717, 1.165) is 49.7 Å². The van der Waals surface area contributed by atoms with Crippen molar-refractivity contribution in [2.75, 3.05) is 43.4 Å². The third kappa shape index (κ3) is 5.41. The van der Waals surface area contributed by atoms with Crippen molar-refractivity contribution in [2.24, 2.45) is 0 Å². The minimum absolute atomic E-state index is 0.0251. The fraction of sp³-hybridized carbons (Fsp3) is 0.273. The first-order chi connectivity index (χ1) is 15.3. The fourth-order valence-corrected chi connectivity index (χ4v) is 3.41. The lowest BCUT2D eigenvalue weighted by Gasteiger charge is -2.34. The van der Waals surface area contributed by atoms with Gasteiger partial charge in [-0.15, -0.1) is 0 Å². The molecular weight excluding hydrogens is 443 g/mol. The zero-order valence-corrected chi connectivity index (χ0v) is 18.0. The highest BCUT2D eigenvalue weighted by Gasteiger charge is 2.30. The molecule has 1 aliphatic heterocycles. The van der Waals surface area contributed by atoms with Gasteiger partial charge in [0.25, 0.3) is 0 Å². The third-order valence-corrected chi connectivity index (χ3v) is 5.34. The van der Waals surface area contributed by atoms with E-state index < -0.39 is 11.7 Å². The van der Waals surface area contributed by atoms with E-state index in [1.165, 1.54) is 18.3 Å². The van der Waals surface area contributed by atoms with E-state index in [4.69, 9.17) is 16.3 Å². The Labute approximate surface area is 188 Å². The van der Waals surface area contributed by atoms with Crippen molar-refractivity contribution in [3.05, 3.63) is 65.3 Å². The van der Waals surface area contributed by atoms with Crippen molar-refractivity contribution in [1.82, 2.24) is 14.9 Å². The van der Waals surface area contributed by atoms with E-state index in [1.54, 1.807) is 0 Å². The first-order valence-corrected chi connectivity index (χ1v) is 10.3. The van der Waals surface area contributed by atoms with Gasteiger partial charge in [-0.05, 0) is 49.5 Å². The Bertz CT molecular complexity index is 1070. The van der Waals surface area contributed by atoms with Gasteiger partial charge in [-0.3, -0.25) is 0 Å².